The predicted molar refractivity (Wildman–Crippen MR) is 119 cm³/mol. The van der Waals surface area contributed by atoms with Crippen LogP contribution in [0.4, 0.5) is 11.4 Å². The molecule has 0 spiro atoms. The molecule has 0 aliphatic carbocycles. The zero-order valence-corrected chi connectivity index (χ0v) is 19.2. The fourth-order valence-corrected chi connectivity index (χ4v) is 5.10. The number of sulfonamides is 2. The molecule has 0 saturated carbocycles. The van der Waals surface area contributed by atoms with Gasteiger partial charge in [0.15, 0.2) is 0 Å². The first-order chi connectivity index (χ1) is 13.9. The number of rotatable bonds is 9. The molecule has 0 unspecified atom stereocenters. The maximum atomic E-state index is 12.5. The van der Waals surface area contributed by atoms with Crippen molar-refractivity contribution in [2.24, 2.45) is 0 Å². The van der Waals surface area contributed by atoms with E-state index in [2.05, 4.69) is 14.8 Å². The van der Waals surface area contributed by atoms with E-state index in [4.69, 9.17) is 11.6 Å². The van der Waals surface area contributed by atoms with Crippen LogP contribution in [0.15, 0.2) is 47.4 Å². The fraction of sp³-hybridized carbons (Fsp3) is 0.316. The molecule has 164 valence electrons. The van der Waals surface area contributed by atoms with Gasteiger partial charge in [0, 0.05) is 10.7 Å². The van der Waals surface area contributed by atoms with Gasteiger partial charge in [-0.25, -0.2) is 16.8 Å². The summed E-state index contributed by atoms with van der Waals surface area (Å²) in [5, 5.41) is 3.02. The molecule has 1 atom stereocenters. The summed E-state index contributed by atoms with van der Waals surface area (Å²) < 4.78 is 53.7. The van der Waals surface area contributed by atoms with E-state index in [9.17, 15) is 21.6 Å². The van der Waals surface area contributed by atoms with Crippen LogP contribution in [0.5, 0.6) is 0 Å². The smallest absolute Gasteiger partial charge is 0.242 e. The van der Waals surface area contributed by atoms with Crippen LogP contribution in [0, 0.1) is 6.92 Å². The summed E-state index contributed by atoms with van der Waals surface area (Å²) in [4.78, 5) is 12.5. The highest BCUT2D eigenvalue weighted by molar-refractivity contribution is 7.92. The van der Waals surface area contributed by atoms with Crippen LogP contribution in [0.25, 0.3) is 0 Å². The zero-order chi connectivity index (χ0) is 22.5. The van der Waals surface area contributed by atoms with Crippen molar-refractivity contribution in [1.82, 2.24) is 4.72 Å². The predicted octanol–water partition coefficient (Wildman–Crippen LogP) is 3.11. The highest BCUT2D eigenvalue weighted by atomic mass is 35.5. The van der Waals surface area contributed by atoms with Crippen LogP contribution >= 0.6 is 11.6 Å². The number of anilines is 2. The Morgan fingerprint density at radius 1 is 1.03 bits per heavy atom. The van der Waals surface area contributed by atoms with Gasteiger partial charge in [0.1, 0.15) is 0 Å². The van der Waals surface area contributed by atoms with Gasteiger partial charge in [-0.15, -0.1) is 0 Å². The molecule has 8 nitrogen and oxygen atoms in total. The van der Waals surface area contributed by atoms with Crippen LogP contribution in [-0.2, 0) is 24.8 Å². The Balaban J connectivity index is 2.13. The molecule has 0 saturated heterocycles. The summed E-state index contributed by atoms with van der Waals surface area (Å²) >= 11 is 5.77. The Morgan fingerprint density at radius 3 is 2.23 bits per heavy atom. The molecule has 0 fully saturated rings. The van der Waals surface area contributed by atoms with Crippen molar-refractivity contribution in [1.29, 1.82) is 0 Å². The number of benzene rings is 2. The summed E-state index contributed by atoms with van der Waals surface area (Å²) in [6.07, 6.45) is 0.468. The van der Waals surface area contributed by atoms with Crippen LogP contribution in [-0.4, -0.2) is 34.5 Å². The molecular formula is C19H24ClN3O5S2. The van der Waals surface area contributed by atoms with Crippen molar-refractivity contribution < 1.29 is 21.6 Å². The fourth-order valence-electron chi connectivity index (χ4n) is 2.58. The average molecular weight is 474 g/mol. The number of carbonyl (C=O) groups excluding carboxylic acids is 1. The minimum atomic E-state index is -3.92. The highest BCUT2D eigenvalue weighted by Gasteiger charge is 2.23. The maximum absolute atomic E-state index is 12.5. The summed E-state index contributed by atoms with van der Waals surface area (Å²) in [6.45, 7) is 4.82. The lowest BCUT2D eigenvalue weighted by molar-refractivity contribution is -0.117. The highest BCUT2D eigenvalue weighted by Crippen LogP contribution is 2.24. The Kier molecular flexibility index (Phi) is 7.87. The van der Waals surface area contributed by atoms with Crippen LogP contribution in [0.3, 0.4) is 0 Å². The van der Waals surface area contributed by atoms with Gasteiger partial charge >= 0.3 is 0 Å². The van der Waals surface area contributed by atoms with Crippen molar-refractivity contribution in [3.63, 3.8) is 0 Å². The first-order valence-corrected chi connectivity index (χ1v) is 12.7. The molecule has 11 heteroatoms. The number of nitrogens with one attached hydrogen (secondary N) is 3. The second-order valence-corrected chi connectivity index (χ2v) is 10.7. The van der Waals surface area contributed by atoms with Crippen molar-refractivity contribution in [3.05, 3.63) is 53.1 Å². The van der Waals surface area contributed by atoms with Gasteiger partial charge in [-0.2, -0.15) is 4.72 Å². The van der Waals surface area contributed by atoms with Gasteiger partial charge in [-0.3, -0.25) is 9.52 Å². The van der Waals surface area contributed by atoms with Gasteiger partial charge < -0.3 is 5.32 Å². The third-order valence-corrected chi connectivity index (χ3v) is 7.46. The molecule has 0 aliphatic rings. The summed E-state index contributed by atoms with van der Waals surface area (Å²) in [7, 11) is -7.41. The first-order valence-electron chi connectivity index (χ1n) is 9.14. The third kappa shape index (κ3) is 6.43. The minimum absolute atomic E-state index is 0.0185. The second kappa shape index (κ2) is 9.78. The van der Waals surface area contributed by atoms with Gasteiger partial charge in [-0.05, 0) is 62.2 Å². The molecular weight excluding hydrogens is 450 g/mol. The topological polar surface area (TPSA) is 121 Å². The van der Waals surface area contributed by atoms with E-state index in [1.54, 1.807) is 32.0 Å². The molecule has 0 radical (unpaired) electrons. The number of carbonyl (C=O) groups is 1. The van der Waals surface area contributed by atoms with E-state index in [1.807, 2.05) is 0 Å². The molecule has 1 amide bonds. The molecule has 0 heterocycles. The monoisotopic (exact) mass is 473 g/mol. The van der Waals surface area contributed by atoms with Crippen molar-refractivity contribution in [2.75, 3.05) is 15.8 Å². The molecule has 30 heavy (non-hydrogen) atoms. The number of amides is 1. The van der Waals surface area contributed by atoms with E-state index in [1.165, 1.54) is 31.2 Å². The minimum Gasteiger partial charge on any atom is -0.324 e. The number of halogens is 1. The normalized spacial score (nSPS) is 12.9. The van der Waals surface area contributed by atoms with E-state index in [0.717, 1.165) is 0 Å². The van der Waals surface area contributed by atoms with E-state index in [-0.39, 0.29) is 10.6 Å². The molecule has 2 aromatic rings. The van der Waals surface area contributed by atoms with Crippen molar-refractivity contribution in [2.45, 2.75) is 38.1 Å². The Hall–Kier alpha value is -2.14. The van der Waals surface area contributed by atoms with Crippen LogP contribution in [0.1, 0.15) is 25.8 Å². The van der Waals surface area contributed by atoms with Gasteiger partial charge in [0.25, 0.3) is 0 Å². The lowest BCUT2D eigenvalue weighted by Gasteiger charge is -2.17. The SMILES string of the molecule is CCCS(=O)(=O)Nc1cccc(NC(=O)[C@H](C)NS(=O)(=O)c2ccc(Cl)cc2)c1C. The van der Waals surface area contributed by atoms with E-state index < -0.39 is 32.0 Å². The van der Waals surface area contributed by atoms with Crippen LogP contribution in [0.2, 0.25) is 5.02 Å². The largest absolute Gasteiger partial charge is 0.324 e. The molecule has 0 bridgehead atoms. The Labute approximate surface area is 182 Å². The maximum Gasteiger partial charge on any atom is 0.242 e. The van der Waals surface area contributed by atoms with Crippen LogP contribution < -0.4 is 14.8 Å². The molecule has 2 aromatic carbocycles. The lowest BCUT2D eigenvalue weighted by atomic mass is 10.1. The average Bonchev–Trinajstić information content (AvgIpc) is 2.64. The van der Waals surface area contributed by atoms with Gasteiger partial charge in [0.05, 0.1) is 22.4 Å². The van der Waals surface area contributed by atoms with Gasteiger partial charge in [0.2, 0.25) is 26.0 Å². The third-order valence-electron chi connectivity index (χ3n) is 4.18. The quantitative estimate of drug-likeness (QED) is 0.516. The standard InChI is InChI=1S/C19H24ClN3O5S2/c1-4-12-29(25,26)23-18-7-5-6-17(13(18)2)21-19(24)14(3)22-30(27,28)16-10-8-15(20)9-11-16/h5-11,14,22-23H,4,12H2,1-3H3,(H,21,24)/t14-/m0/s1. The summed E-state index contributed by atoms with van der Waals surface area (Å²) in [5.74, 6) is -0.615. The summed E-state index contributed by atoms with van der Waals surface area (Å²) in [6, 6.07) is 9.26. The zero-order valence-electron chi connectivity index (χ0n) is 16.8. The second-order valence-electron chi connectivity index (χ2n) is 6.69. The molecule has 0 aliphatic heterocycles. The number of hydrogen-bond acceptors (Lipinski definition) is 5. The molecule has 3 N–H and O–H groups in total. The number of hydrogen-bond donors (Lipinski definition) is 3. The van der Waals surface area contributed by atoms with E-state index >= 15 is 0 Å². The van der Waals surface area contributed by atoms with Crippen molar-refractivity contribution in [3.8, 4) is 0 Å². The van der Waals surface area contributed by atoms with E-state index in [0.29, 0.717) is 28.4 Å². The molecule has 2 rings (SSSR count). The summed E-state index contributed by atoms with van der Waals surface area (Å²) in [5.41, 5.74) is 1.23. The molecule has 0 aromatic heterocycles. The Bertz CT molecular complexity index is 1120. The Morgan fingerprint density at radius 2 is 1.63 bits per heavy atom. The first kappa shape index (κ1) is 24.1. The van der Waals surface area contributed by atoms with Crippen molar-refractivity contribution >= 4 is 48.9 Å². The van der Waals surface area contributed by atoms with Gasteiger partial charge in [-0.1, -0.05) is 24.6 Å². The lowest BCUT2D eigenvalue weighted by Crippen LogP contribution is -2.41.